The Bertz CT molecular complexity index is 750. The molecule has 0 atom stereocenters. The van der Waals surface area contributed by atoms with Crippen LogP contribution in [0.1, 0.15) is 11.1 Å². The maximum Gasteiger partial charge on any atom is 0.307 e. The summed E-state index contributed by atoms with van der Waals surface area (Å²) in [6.45, 7) is 0. The maximum atomic E-state index is 10.9. The molecule has 21 heavy (non-hydrogen) atoms. The van der Waals surface area contributed by atoms with Gasteiger partial charge in [0.25, 0.3) is 0 Å². The molecule has 0 spiro atoms. The first kappa shape index (κ1) is 13.7. The van der Waals surface area contributed by atoms with E-state index < -0.39 is 5.97 Å². The van der Waals surface area contributed by atoms with Crippen molar-refractivity contribution in [2.24, 2.45) is 0 Å². The van der Waals surface area contributed by atoms with Crippen LogP contribution in [-0.2, 0) is 17.0 Å². The summed E-state index contributed by atoms with van der Waals surface area (Å²) in [4.78, 5) is 18.7. The summed E-state index contributed by atoms with van der Waals surface area (Å²) >= 11 is 1.58. The molecule has 3 rings (SSSR count). The van der Waals surface area contributed by atoms with Gasteiger partial charge in [-0.1, -0.05) is 48.2 Å². The molecule has 3 aromatic rings. The lowest BCUT2D eigenvalue weighted by atomic mass is 10.1. The third kappa shape index (κ3) is 3.25. The molecule has 1 aromatic heterocycles. The summed E-state index contributed by atoms with van der Waals surface area (Å²) in [6.07, 6.45) is 0.0524. The zero-order chi connectivity index (χ0) is 14.7. The highest BCUT2D eigenvalue weighted by molar-refractivity contribution is 7.98. The van der Waals surface area contributed by atoms with E-state index in [-0.39, 0.29) is 6.42 Å². The van der Waals surface area contributed by atoms with E-state index in [1.165, 1.54) is 0 Å². The Morgan fingerprint density at radius 3 is 2.57 bits per heavy atom. The van der Waals surface area contributed by atoms with Gasteiger partial charge in [0.15, 0.2) is 5.16 Å². The smallest absolute Gasteiger partial charge is 0.307 e. The number of aromatic nitrogens is 2. The molecule has 0 fully saturated rings. The van der Waals surface area contributed by atoms with Gasteiger partial charge >= 0.3 is 5.97 Å². The Hall–Kier alpha value is -2.27. The predicted molar refractivity (Wildman–Crippen MR) is 83.4 cm³/mol. The van der Waals surface area contributed by atoms with E-state index in [4.69, 9.17) is 5.11 Å². The first-order valence-electron chi connectivity index (χ1n) is 6.58. The number of carboxylic acid groups (broad SMARTS) is 1. The molecule has 2 N–H and O–H groups in total. The van der Waals surface area contributed by atoms with Crippen molar-refractivity contribution in [3.8, 4) is 0 Å². The van der Waals surface area contributed by atoms with Crippen LogP contribution in [0.2, 0.25) is 0 Å². The SMILES string of the molecule is O=C(O)Cc1ccccc1CSc1nc2ccccc2[nH]1. The minimum absolute atomic E-state index is 0.0524. The van der Waals surface area contributed by atoms with Crippen LogP contribution in [0.25, 0.3) is 11.0 Å². The number of rotatable bonds is 5. The number of hydrogen-bond acceptors (Lipinski definition) is 3. The number of H-pyrrole nitrogens is 1. The van der Waals surface area contributed by atoms with Crippen LogP contribution in [-0.4, -0.2) is 21.0 Å². The van der Waals surface area contributed by atoms with Crippen molar-refractivity contribution >= 4 is 28.8 Å². The van der Waals surface area contributed by atoms with Gasteiger partial charge in [-0.25, -0.2) is 4.98 Å². The lowest BCUT2D eigenvalue weighted by molar-refractivity contribution is -0.136. The number of nitrogens with zero attached hydrogens (tertiary/aromatic N) is 1. The Labute approximate surface area is 126 Å². The van der Waals surface area contributed by atoms with E-state index in [2.05, 4.69) is 9.97 Å². The average Bonchev–Trinajstić information content (AvgIpc) is 2.88. The van der Waals surface area contributed by atoms with E-state index in [1.54, 1.807) is 11.8 Å². The lowest BCUT2D eigenvalue weighted by Crippen LogP contribution is -2.02. The Morgan fingerprint density at radius 1 is 1.10 bits per heavy atom. The van der Waals surface area contributed by atoms with Crippen molar-refractivity contribution in [1.82, 2.24) is 9.97 Å². The fraction of sp³-hybridized carbons (Fsp3) is 0.125. The topological polar surface area (TPSA) is 66.0 Å². The second kappa shape index (κ2) is 6.01. The van der Waals surface area contributed by atoms with Crippen molar-refractivity contribution in [3.05, 3.63) is 59.7 Å². The van der Waals surface area contributed by atoms with Crippen molar-refractivity contribution in [2.45, 2.75) is 17.3 Å². The number of imidazole rings is 1. The Morgan fingerprint density at radius 2 is 1.81 bits per heavy atom. The van der Waals surface area contributed by atoms with E-state index >= 15 is 0 Å². The van der Waals surface area contributed by atoms with Gasteiger partial charge in [0, 0.05) is 5.75 Å². The molecule has 0 aliphatic heterocycles. The fourth-order valence-electron chi connectivity index (χ4n) is 2.18. The first-order valence-corrected chi connectivity index (χ1v) is 7.57. The van der Waals surface area contributed by atoms with Crippen LogP contribution in [0.4, 0.5) is 0 Å². The predicted octanol–water partition coefficient (Wildman–Crippen LogP) is 3.48. The molecule has 4 nitrogen and oxygen atoms in total. The third-order valence-electron chi connectivity index (χ3n) is 3.19. The molecule has 0 unspecified atom stereocenters. The highest BCUT2D eigenvalue weighted by Crippen LogP contribution is 2.24. The summed E-state index contributed by atoms with van der Waals surface area (Å²) < 4.78 is 0. The molecule has 0 saturated carbocycles. The van der Waals surface area contributed by atoms with E-state index in [9.17, 15) is 4.79 Å². The van der Waals surface area contributed by atoms with Crippen molar-refractivity contribution in [2.75, 3.05) is 0 Å². The number of fused-ring (bicyclic) bond motifs is 1. The van der Waals surface area contributed by atoms with Crippen LogP contribution in [0.3, 0.4) is 0 Å². The molecule has 0 amide bonds. The third-order valence-corrected chi connectivity index (χ3v) is 4.11. The van der Waals surface area contributed by atoms with Gasteiger partial charge in [-0.05, 0) is 23.3 Å². The van der Waals surface area contributed by atoms with Crippen LogP contribution in [0.5, 0.6) is 0 Å². The first-order chi connectivity index (χ1) is 10.2. The standard InChI is InChI=1S/C16H14N2O2S/c19-15(20)9-11-5-1-2-6-12(11)10-21-16-17-13-7-3-4-8-14(13)18-16/h1-8H,9-10H2,(H,17,18)(H,19,20). The number of nitrogens with one attached hydrogen (secondary N) is 1. The number of para-hydroxylation sites is 2. The monoisotopic (exact) mass is 298 g/mol. The van der Waals surface area contributed by atoms with Gasteiger partial charge in [0.2, 0.25) is 0 Å². The van der Waals surface area contributed by atoms with Gasteiger partial charge in [0.05, 0.1) is 17.5 Å². The summed E-state index contributed by atoms with van der Waals surface area (Å²) in [5, 5.41) is 9.80. The number of aromatic amines is 1. The molecule has 0 bridgehead atoms. The molecule has 0 aliphatic carbocycles. The molecule has 1 heterocycles. The molecule has 0 radical (unpaired) electrons. The minimum Gasteiger partial charge on any atom is -0.481 e. The van der Waals surface area contributed by atoms with Gasteiger partial charge in [-0.15, -0.1) is 0 Å². The summed E-state index contributed by atoms with van der Waals surface area (Å²) in [6, 6.07) is 15.5. The molecule has 5 heteroatoms. The van der Waals surface area contributed by atoms with Gasteiger partial charge in [0.1, 0.15) is 0 Å². The van der Waals surface area contributed by atoms with Crippen LogP contribution >= 0.6 is 11.8 Å². The van der Waals surface area contributed by atoms with Gasteiger partial charge in [-0.2, -0.15) is 0 Å². The van der Waals surface area contributed by atoms with E-state index in [1.807, 2.05) is 48.5 Å². The van der Waals surface area contributed by atoms with Crippen molar-refractivity contribution in [3.63, 3.8) is 0 Å². The van der Waals surface area contributed by atoms with Gasteiger partial charge in [-0.3, -0.25) is 4.79 Å². The lowest BCUT2D eigenvalue weighted by Gasteiger charge is -2.06. The number of aliphatic carboxylic acids is 1. The number of thioether (sulfide) groups is 1. The normalized spacial score (nSPS) is 10.9. The highest BCUT2D eigenvalue weighted by atomic mass is 32.2. The van der Waals surface area contributed by atoms with E-state index in [0.717, 1.165) is 27.3 Å². The van der Waals surface area contributed by atoms with Gasteiger partial charge < -0.3 is 10.1 Å². The Balaban J connectivity index is 1.76. The second-order valence-corrected chi connectivity index (χ2v) is 5.65. The van der Waals surface area contributed by atoms with E-state index in [0.29, 0.717) is 5.75 Å². The molecule has 0 saturated heterocycles. The quantitative estimate of drug-likeness (QED) is 0.708. The summed E-state index contributed by atoms with van der Waals surface area (Å²) in [7, 11) is 0. The molecular weight excluding hydrogens is 284 g/mol. The Kier molecular flexibility index (Phi) is 3.92. The maximum absolute atomic E-state index is 10.9. The molecule has 0 aliphatic rings. The minimum atomic E-state index is -0.809. The summed E-state index contributed by atoms with van der Waals surface area (Å²) in [5.74, 6) is -0.111. The number of benzene rings is 2. The van der Waals surface area contributed by atoms with Crippen molar-refractivity contribution < 1.29 is 9.90 Å². The largest absolute Gasteiger partial charge is 0.481 e. The second-order valence-electron chi connectivity index (χ2n) is 4.69. The summed E-state index contributed by atoms with van der Waals surface area (Å²) in [5.41, 5.74) is 3.84. The number of hydrogen-bond donors (Lipinski definition) is 2. The van der Waals surface area contributed by atoms with Crippen LogP contribution < -0.4 is 0 Å². The number of carboxylic acids is 1. The molecule has 2 aromatic carbocycles. The van der Waals surface area contributed by atoms with Crippen molar-refractivity contribution in [1.29, 1.82) is 0 Å². The molecule has 106 valence electrons. The van der Waals surface area contributed by atoms with Crippen LogP contribution in [0, 0.1) is 0 Å². The fourth-order valence-corrected chi connectivity index (χ4v) is 3.10. The number of carbonyl (C=O) groups is 1. The molecular formula is C16H14N2O2S. The van der Waals surface area contributed by atoms with Crippen LogP contribution in [0.15, 0.2) is 53.7 Å². The zero-order valence-electron chi connectivity index (χ0n) is 11.2. The highest BCUT2D eigenvalue weighted by Gasteiger charge is 2.08. The zero-order valence-corrected chi connectivity index (χ0v) is 12.1. The average molecular weight is 298 g/mol.